The van der Waals surface area contributed by atoms with E-state index in [1.807, 2.05) is 16.7 Å². The number of nitrogens with zero attached hydrogens (tertiary/aromatic N) is 1. The number of hydrogen-bond donors (Lipinski definition) is 1. The van der Waals surface area contributed by atoms with Crippen LogP contribution < -0.4 is 0 Å². The second-order valence-electron chi connectivity index (χ2n) is 5.57. The van der Waals surface area contributed by atoms with Gasteiger partial charge in [-0.3, -0.25) is 4.79 Å². The number of carbonyl (C=O) groups is 1. The Kier molecular flexibility index (Phi) is 5.11. The van der Waals surface area contributed by atoms with Gasteiger partial charge in [-0.15, -0.1) is 0 Å². The molecule has 0 saturated carbocycles. The summed E-state index contributed by atoms with van der Waals surface area (Å²) in [6.45, 7) is 0. The van der Waals surface area contributed by atoms with Gasteiger partial charge in [0.1, 0.15) is 5.82 Å². The summed E-state index contributed by atoms with van der Waals surface area (Å²) in [6, 6.07) is 15.0. The molecule has 3 nitrogen and oxygen atoms in total. The summed E-state index contributed by atoms with van der Waals surface area (Å²) in [6.07, 6.45) is 0.349. The third-order valence-corrected chi connectivity index (χ3v) is 4.24. The molecular formula is C19H14Cl2FNO2. The first-order chi connectivity index (χ1) is 11.9. The Morgan fingerprint density at radius 2 is 1.64 bits per heavy atom. The normalized spacial score (nSPS) is 10.8. The molecular weight excluding hydrogens is 364 g/mol. The first kappa shape index (κ1) is 17.5. The number of aromatic nitrogens is 1. The summed E-state index contributed by atoms with van der Waals surface area (Å²) in [4.78, 5) is 10.9. The Hall–Kier alpha value is -2.30. The molecule has 1 aromatic heterocycles. The van der Waals surface area contributed by atoms with Gasteiger partial charge in [0.25, 0.3) is 0 Å². The third-order valence-electron chi connectivity index (χ3n) is 3.80. The van der Waals surface area contributed by atoms with Crippen molar-refractivity contribution < 1.29 is 14.3 Å². The molecule has 6 heteroatoms. The van der Waals surface area contributed by atoms with Crippen LogP contribution in [0.5, 0.6) is 0 Å². The first-order valence-electron chi connectivity index (χ1n) is 7.59. The monoisotopic (exact) mass is 377 g/mol. The van der Waals surface area contributed by atoms with E-state index in [0.29, 0.717) is 16.5 Å². The van der Waals surface area contributed by atoms with E-state index in [0.717, 1.165) is 22.6 Å². The highest BCUT2D eigenvalue weighted by Crippen LogP contribution is 2.30. The highest BCUT2D eigenvalue weighted by molar-refractivity contribution is 6.34. The molecule has 0 aliphatic carbocycles. The number of aliphatic carboxylic acids is 1. The third kappa shape index (κ3) is 4.03. The van der Waals surface area contributed by atoms with Crippen LogP contribution in [0.2, 0.25) is 10.0 Å². The summed E-state index contributed by atoms with van der Waals surface area (Å²) in [7, 11) is 0. The summed E-state index contributed by atoms with van der Waals surface area (Å²) < 4.78 is 15.1. The zero-order chi connectivity index (χ0) is 18.0. The van der Waals surface area contributed by atoms with Crippen molar-refractivity contribution >= 4 is 29.2 Å². The minimum absolute atomic E-state index is 0.00116. The van der Waals surface area contributed by atoms with Crippen molar-refractivity contribution in [2.24, 2.45) is 0 Å². The van der Waals surface area contributed by atoms with E-state index in [4.69, 9.17) is 28.3 Å². The molecule has 0 spiro atoms. The molecule has 0 bridgehead atoms. The van der Waals surface area contributed by atoms with Crippen LogP contribution >= 0.6 is 23.2 Å². The molecule has 3 aromatic rings. The molecule has 0 aliphatic rings. The molecule has 0 aliphatic heterocycles. The lowest BCUT2D eigenvalue weighted by Crippen LogP contribution is -2.05. The van der Waals surface area contributed by atoms with Gasteiger partial charge in [-0.1, -0.05) is 23.2 Å². The molecule has 0 unspecified atom stereocenters. The molecule has 25 heavy (non-hydrogen) atoms. The predicted octanol–water partition coefficient (Wildman–Crippen LogP) is 5.61. The minimum Gasteiger partial charge on any atom is -0.481 e. The smallest absolute Gasteiger partial charge is 0.303 e. The van der Waals surface area contributed by atoms with Gasteiger partial charge in [-0.25, -0.2) is 4.39 Å². The fourth-order valence-electron chi connectivity index (χ4n) is 2.73. The molecule has 3 rings (SSSR count). The van der Waals surface area contributed by atoms with Gasteiger partial charge >= 0.3 is 5.97 Å². The van der Waals surface area contributed by atoms with Crippen molar-refractivity contribution in [2.75, 3.05) is 0 Å². The highest BCUT2D eigenvalue weighted by Gasteiger charge is 2.14. The van der Waals surface area contributed by atoms with Gasteiger partial charge in [-0.05, 0) is 66.6 Å². The second-order valence-corrected chi connectivity index (χ2v) is 6.45. The molecule has 2 aromatic carbocycles. The number of carboxylic acids is 1. The van der Waals surface area contributed by atoms with Crippen LogP contribution in [-0.4, -0.2) is 15.6 Å². The molecule has 0 radical (unpaired) electrons. The van der Waals surface area contributed by atoms with Gasteiger partial charge in [0.05, 0.1) is 12.1 Å². The number of benzene rings is 2. The highest BCUT2D eigenvalue weighted by atomic mass is 35.5. The Balaban J connectivity index is 2.15. The van der Waals surface area contributed by atoms with Crippen molar-refractivity contribution in [1.29, 1.82) is 0 Å². The largest absolute Gasteiger partial charge is 0.481 e. The van der Waals surface area contributed by atoms with Crippen LogP contribution in [0.25, 0.3) is 16.9 Å². The average Bonchev–Trinajstić information content (AvgIpc) is 2.96. The summed E-state index contributed by atoms with van der Waals surface area (Å²) in [5.74, 6) is -1.20. The molecule has 0 amide bonds. The van der Waals surface area contributed by atoms with E-state index in [-0.39, 0.29) is 12.2 Å². The lowest BCUT2D eigenvalue weighted by atomic mass is 10.1. The fourth-order valence-corrected chi connectivity index (χ4v) is 3.24. The topological polar surface area (TPSA) is 42.2 Å². The average molecular weight is 378 g/mol. The van der Waals surface area contributed by atoms with Crippen molar-refractivity contribution in [3.05, 3.63) is 76.2 Å². The van der Waals surface area contributed by atoms with Gasteiger partial charge in [-0.2, -0.15) is 0 Å². The van der Waals surface area contributed by atoms with Gasteiger partial charge < -0.3 is 9.67 Å². The van der Waals surface area contributed by atoms with Gasteiger partial charge in [0.15, 0.2) is 0 Å². The minimum atomic E-state index is -0.875. The number of hydrogen-bond acceptors (Lipinski definition) is 1. The van der Waals surface area contributed by atoms with E-state index in [2.05, 4.69) is 0 Å². The van der Waals surface area contributed by atoms with Crippen LogP contribution in [0.3, 0.4) is 0 Å². The Bertz CT molecular complexity index is 899. The van der Waals surface area contributed by atoms with E-state index in [1.165, 1.54) is 12.1 Å². The van der Waals surface area contributed by atoms with Crippen LogP contribution in [-0.2, 0) is 11.2 Å². The van der Waals surface area contributed by atoms with Gasteiger partial charge in [0, 0.05) is 21.4 Å². The van der Waals surface area contributed by atoms with E-state index < -0.39 is 5.97 Å². The number of carboxylic acid groups (broad SMARTS) is 1. The predicted molar refractivity (Wildman–Crippen MR) is 97.1 cm³/mol. The van der Waals surface area contributed by atoms with E-state index >= 15 is 0 Å². The number of rotatable bonds is 5. The number of aryl methyl sites for hydroxylation is 1. The van der Waals surface area contributed by atoms with Crippen molar-refractivity contribution in [3.63, 3.8) is 0 Å². The Labute approximate surface area is 154 Å². The maximum atomic E-state index is 13.2. The molecule has 0 fully saturated rings. The molecule has 1 N–H and O–H groups in total. The Morgan fingerprint density at radius 3 is 2.24 bits per heavy atom. The lowest BCUT2D eigenvalue weighted by molar-refractivity contribution is -0.136. The molecule has 1 heterocycles. The molecule has 0 atom stereocenters. The first-order valence-corrected chi connectivity index (χ1v) is 8.34. The van der Waals surface area contributed by atoms with Crippen LogP contribution in [0.4, 0.5) is 4.39 Å². The quantitative estimate of drug-likeness (QED) is 0.627. The van der Waals surface area contributed by atoms with Crippen LogP contribution in [0.15, 0.2) is 54.6 Å². The van der Waals surface area contributed by atoms with Gasteiger partial charge in [0.2, 0.25) is 0 Å². The standard InChI is InChI=1S/C19H14Cl2FNO2/c20-13-9-14(21)11-17(10-13)23-16(6-8-19(24)25)5-7-18(23)12-1-3-15(22)4-2-12/h1-5,7,9-11H,6,8H2,(H,24,25). The zero-order valence-electron chi connectivity index (χ0n) is 13.0. The van der Waals surface area contributed by atoms with Crippen LogP contribution in [0, 0.1) is 5.82 Å². The van der Waals surface area contributed by atoms with Crippen molar-refractivity contribution in [1.82, 2.24) is 4.57 Å². The molecule has 0 saturated heterocycles. The second kappa shape index (κ2) is 7.30. The van der Waals surface area contributed by atoms with Crippen molar-refractivity contribution in [3.8, 4) is 16.9 Å². The SMILES string of the molecule is O=C(O)CCc1ccc(-c2ccc(F)cc2)n1-c1cc(Cl)cc(Cl)c1. The summed E-state index contributed by atoms with van der Waals surface area (Å²) in [5, 5.41) is 9.94. The van der Waals surface area contributed by atoms with E-state index in [9.17, 15) is 9.18 Å². The Morgan fingerprint density at radius 1 is 1.00 bits per heavy atom. The zero-order valence-corrected chi connectivity index (χ0v) is 14.6. The maximum Gasteiger partial charge on any atom is 0.303 e. The van der Waals surface area contributed by atoms with Crippen LogP contribution in [0.1, 0.15) is 12.1 Å². The molecule has 128 valence electrons. The summed E-state index contributed by atoms with van der Waals surface area (Å²) >= 11 is 12.2. The number of halogens is 3. The lowest BCUT2D eigenvalue weighted by Gasteiger charge is -2.15. The summed E-state index contributed by atoms with van der Waals surface area (Å²) in [5.41, 5.74) is 3.14. The van der Waals surface area contributed by atoms with E-state index in [1.54, 1.807) is 30.3 Å². The maximum absolute atomic E-state index is 13.2. The fraction of sp³-hybridized carbons (Fsp3) is 0.105. The van der Waals surface area contributed by atoms with Crippen molar-refractivity contribution in [2.45, 2.75) is 12.8 Å².